The number of carbonyl (C=O) groups is 2. The molecule has 1 aromatic heterocycles. The molecule has 1 aliphatic carbocycles. The van der Waals surface area contributed by atoms with Gasteiger partial charge >= 0.3 is 0 Å². The number of likely N-dealkylation sites (N-methyl/N-ethyl adjacent to an activating group) is 1. The molecular weight excluding hydrogens is 404 g/mol. The fraction of sp³-hybridized carbons (Fsp3) is 0.500. The van der Waals surface area contributed by atoms with E-state index in [2.05, 4.69) is 5.32 Å². The highest BCUT2D eigenvalue weighted by Gasteiger charge is 2.42. The molecule has 1 aliphatic rings. The molecule has 2 aromatic rings. The van der Waals surface area contributed by atoms with Crippen LogP contribution in [0.4, 0.5) is 8.78 Å². The number of hydrogen-bond acceptors (Lipinski definition) is 3. The van der Waals surface area contributed by atoms with E-state index < -0.39 is 30.3 Å². The number of halogens is 3. The van der Waals surface area contributed by atoms with Gasteiger partial charge in [0, 0.05) is 45.1 Å². The largest absolute Gasteiger partial charge is 0.388 e. The Bertz CT molecular complexity index is 932. The van der Waals surface area contributed by atoms with Crippen molar-refractivity contribution < 1.29 is 23.5 Å². The van der Waals surface area contributed by atoms with Crippen molar-refractivity contribution in [3.8, 4) is 0 Å². The summed E-state index contributed by atoms with van der Waals surface area (Å²) < 4.78 is 28.3. The topological polar surface area (TPSA) is 74.6 Å². The van der Waals surface area contributed by atoms with Crippen LogP contribution in [-0.2, 0) is 11.3 Å². The highest BCUT2D eigenvalue weighted by Crippen LogP contribution is 2.38. The maximum Gasteiger partial charge on any atom is 0.253 e. The monoisotopic (exact) mass is 427 g/mol. The third-order valence-corrected chi connectivity index (χ3v) is 5.71. The van der Waals surface area contributed by atoms with Crippen molar-refractivity contribution in [3.63, 3.8) is 0 Å². The molecular formula is C20H24ClF2N3O3. The number of amides is 2. The molecule has 0 saturated heterocycles. The molecule has 158 valence electrons. The third-order valence-electron chi connectivity index (χ3n) is 5.39. The molecule has 0 radical (unpaired) electrons. The van der Waals surface area contributed by atoms with Gasteiger partial charge in [-0.2, -0.15) is 0 Å². The first-order chi connectivity index (χ1) is 13.5. The first-order valence-corrected chi connectivity index (χ1v) is 9.75. The number of carbonyl (C=O) groups excluding carboxylic acids is 2. The second-order valence-electron chi connectivity index (χ2n) is 7.86. The minimum atomic E-state index is -2.77. The van der Waals surface area contributed by atoms with Gasteiger partial charge in [0.25, 0.3) is 5.91 Å². The van der Waals surface area contributed by atoms with Crippen molar-refractivity contribution in [1.29, 1.82) is 0 Å². The lowest BCUT2D eigenvalue weighted by atomic mass is 9.82. The van der Waals surface area contributed by atoms with Crippen LogP contribution in [0.1, 0.15) is 36.0 Å². The van der Waals surface area contributed by atoms with Gasteiger partial charge in [-0.15, -0.1) is 0 Å². The summed E-state index contributed by atoms with van der Waals surface area (Å²) in [5.74, 6) is -3.40. The molecule has 2 amide bonds. The summed E-state index contributed by atoms with van der Waals surface area (Å²) in [5.41, 5.74) is -0.462. The van der Waals surface area contributed by atoms with Crippen LogP contribution < -0.4 is 5.32 Å². The Kier molecular flexibility index (Phi) is 5.87. The summed E-state index contributed by atoms with van der Waals surface area (Å²) in [6.45, 7) is -0.0915. The molecule has 2 N–H and O–H groups in total. The maximum absolute atomic E-state index is 13.3. The Hall–Kier alpha value is -2.19. The SMILES string of the molecule is CN(C)C(=O)Cn1cc(C(=O)NCC2(O)CCC(F)(F)CC2)c2c(Cl)cccc21. The molecule has 0 aliphatic heterocycles. The smallest absolute Gasteiger partial charge is 0.253 e. The van der Waals surface area contributed by atoms with E-state index in [-0.39, 0.29) is 37.4 Å². The number of fused-ring (bicyclic) bond motifs is 1. The lowest BCUT2D eigenvalue weighted by molar-refractivity contribution is -0.129. The Morgan fingerprint density at radius 2 is 1.90 bits per heavy atom. The molecule has 1 heterocycles. The first-order valence-electron chi connectivity index (χ1n) is 9.37. The van der Waals surface area contributed by atoms with E-state index >= 15 is 0 Å². The fourth-order valence-electron chi connectivity index (χ4n) is 3.50. The maximum atomic E-state index is 13.3. The Morgan fingerprint density at radius 3 is 2.52 bits per heavy atom. The molecule has 1 aromatic carbocycles. The zero-order valence-corrected chi connectivity index (χ0v) is 17.1. The number of benzene rings is 1. The number of alkyl halides is 2. The van der Waals surface area contributed by atoms with Gasteiger partial charge in [0.1, 0.15) is 6.54 Å². The molecule has 9 heteroatoms. The van der Waals surface area contributed by atoms with E-state index in [1.165, 1.54) is 4.90 Å². The van der Waals surface area contributed by atoms with Gasteiger partial charge in [-0.3, -0.25) is 9.59 Å². The van der Waals surface area contributed by atoms with Crippen LogP contribution in [0.2, 0.25) is 5.02 Å². The Labute approximate surface area is 172 Å². The van der Waals surface area contributed by atoms with Crippen molar-refractivity contribution in [3.05, 3.63) is 35.0 Å². The van der Waals surface area contributed by atoms with Gasteiger partial charge in [0.15, 0.2) is 0 Å². The molecule has 0 atom stereocenters. The lowest BCUT2D eigenvalue weighted by Gasteiger charge is -2.35. The molecule has 0 spiro atoms. The first kappa shape index (κ1) is 21.5. The minimum Gasteiger partial charge on any atom is -0.388 e. The van der Waals surface area contributed by atoms with Crippen molar-refractivity contribution in [2.24, 2.45) is 0 Å². The number of aliphatic hydroxyl groups is 1. The van der Waals surface area contributed by atoms with Gasteiger partial charge in [-0.05, 0) is 25.0 Å². The summed E-state index contributed by atoms with van der Waals surface area (Å²) in [4.78, 5) is 26.4. The predicted molar refractivity (Wildman–Crippen MR) is 106 cm³/mol. The summed E-state index contributed by atoms with van der Waals surface area (Å²) in [5, 5.41) is 14.0. The second-order valence-corrected chi connectivity index (χ2v) is 8.26. The molecule has 29 heavy (non-hydrogen) atoms. The Morgan fingerprint density at radius 1 is 1.24 bits per heavy atom. The number of nitrogens with one attached hydrogen (secondary N) is 1. The second kappa shape index (κ2) is 7.91. The average molecular weight is 428 g/mol. The van der Waals surface area contributed by atoms with E-state index in [4.69, 9.17) is 11.6 Å². The number of rotatable bonds is 5. The van der Waals surface area contributed by atoms with Gasteiger partial charge in [-0.25, -0.2) is 8.78 Å². The van der Waals surface area contributed by atoms with Crippen LogP contribution in [0.5, 0.6) is 0 Å². The summed E-state index contributed by atoms with van der Waals surface area (Å²) in [7, 11) is 3.28. The molecule has 0 unspecified atom stereocenters. The van der Waals surface area contributed by atoms with Gasteiger partial charge in [-0.1, -0.05) is 17.7 Å². The predicted octanol–water partition coefficient (Wildman–Crippen LogP) is 3.05. The van der Waals surface area contributed by atoms with Gasteiger partial charge in [0.05, 0.1) is 21.7 Å². The highest BCUT2D eigenvalue weighted by molar-refractivity contribution is 6.36. The molecule has 1 fully saturated rings. The highest BCUT2D eigenvalue weighted by atomic mass is 35.5. The van der Waals surface area contributed by atoms with E-state index in [0.29, 0.717) is 15.9 Å². The van der Waals surface area contributed by atoms with Crippen molar-refractivity contribution in [1.82, 2.24) is 14.8 Å². The van der Waals surface area contributed by atoms with Crippen molar-refractivity contribution >= 4 is 34.3 Å². The average Bonchev–Trinajstić information content (AvgIpc) is 3.03. The van der Waals surface area contributed by atoms with E-state index in [1.807, 2.05) is 0 Å². The van der Waals surface area contributed by atoms with E-state index in [1.54, 1.807) is 43.1 Å². The van der Waals surface area contributed by atoms with Crippen LogP contribution in [0.15, 0.2) is 24.4 Å². The van der Waals surface area contributed by atoms with Crippen molar-refractivity contribution in [2.75, 3.05) is 20.6 Å². The van der Waals surface area contributed by atoms with E-state index in [9.17, 15) is 23.5 Å². The summed E-state index contributed by atoms with van der Waals surface area (Å²) >= 11 is 6.30. The van der Waals surface area contributed by atoms with Crippen LogP contribution in [0, 0.1) is 0 Å². The zero-order valence-electron chi connectivity index (χ0n) is 16.3. The number of hydrogen-bond donors (Lipinski definition) is 2. The Balaban J connectivity index is 1.81. The minimum absolute atomic E-state index is 0.0378. The van der Waals surface area contributed by atoms with Crippen LogP contribution in [0.3, 0.4) is 0 Å². The third kappa shape index (κ3) is 4.70. The quantitative estimate of drug-likeness (QED) is 0.770. The van der Waals surface area contributed by atoms with Gasteiger partial charge in [0.2, 0.25) is 11.8 Å². The molecule has 6 nitrogen and oxygen atoms in total. The number of nitrogens with zero attached hydrogens (tertiary/aromatic N) is 2. The number of aromatic nitrogens is 1. The standard InChI is InChI=1S/C20H24ClF2N3O3/c1-25(2)16(27)11-26-10-13(17-14(21)4-3-5-15(17)26)18(28)24-12-19(29)6-8-20(22,23)9-7-19/h3-5,10,29H,6-9,11-12H2,1-2H3,(H,24,28). The van der Waals surface area contributed by atoms with Gasteiger partial charge < -0.3 is 19.9 Å². The lowest BCUT2D eigenvalue weighted by Crippen LogP contribution is -2.47. The van der Waals surface area contributed by atoms with Crippen molar-refractivity contribution in [2.45, 2.75) is 43.8 Å². The molecule has 1 saturated carbocycles. The normalized spacial score (nSPS) is 17.9. The zero-order chi connectivity index (χ0) is 21.4. The van der Waals surface area contributed by atoms with E-state index in [0.717, 1.165) is 0 Å². The van der Waals surface area contributed by atoms with Crippen LogP contribution in [-0.4, -0.2) is 58.6 Å². The summed E-state index contributed by atoms with van der Waals surface area (Å²) in [6.07, 6.45) is 0.570. The summed E-state index contributed by atoms with van der Waals surface area (Å²) in [6, 6.07) is 5.14. The molecule has 0 bridgehead atoms. The fourth-order valence-corrected chi connectivity index (χ4v) is 3.77. The van der Waals surface area contributed by atoms with Crippen LogP contribution >= 0.6 is 11.6 Å². The molecule has 3 rings (SSSR count). The van der Waals surface area contributed by atoms with Crippen LogP contribution in [0.25, 0.3) is 10.9 Å².